The van der Waals surface area contributed by atoms with Crippen molar-refractivity contribution in [1.29, 1.82) is 0 Å². The second-order valence-electron chi connectivity index (χ2n) is 4.94. The normalized spacial score (nSPS) is 29.2. The molecule has 2 rings (SSSR count). The first-order valence-corrected chi connectivity index (χ1v) is 6.36. The average Bonchev–Trinajstić information content (AvgIpc) is 2.38. The second kappa shape index (κ2) is 5.56. The summed E-state index contributed by atoms with van der Waals surface area (Å²) in [4.78, 5) is 0. The fraction of sp³-hybridized carbons (Fsp3) is 0.692. The number of nitrogens with one attached hydrogen (secondary N) is 1. The molecule has 1 aromatic heterocycles. The summed E-state index contributed by atoms with van der Waals surface area (Å²) in [5, 5.41) is 11.5. The number of hydrogen-bond donors (Lipinski definition) is 1. The maximum atomic E-state index is 5.83. The van der Waals surface area contributed by atoms with E-state index in [4.69, 9.17) is 4.74 Å². The average molecular weight is 235 g/mol. The Balaban J connectivity index is 1.83. The van der Waals surface area contributed by atoms with E-state index < -0.39 is 0 Å². The summed E-state index contributed by atoms with van der Waals surface area (Å²) in [6, 6.07) is 4.44. The van der Waals surface area contributed by atoms with Crippen molar-refractivity contribution >= 4 is 0 Å². The van der Waals surface area contributed by atoms with Gasteiger partial charge in [-0.3, -0.25) is 0 Å². The van der Waals surface area contributed by atoms with E-state index in [1.54, 1.807) is 6.20 Å². The van der Waals surface area contributed by atoms with Crippen molar-refractivity contribution in [3.63, 3.8) is 0 Å². The van der Waals surface area contributed by atoms with Crippen molar-refractivity contribution in [3.8, 4) is 0 Å². The molecule has 4 heteroatoms. The Labute approximate surface area is 103 Å². The summed E-state index contributed by atoms with van der Waals surface area (Å²) in [7, 11) is 0. The molecule has 0 radical (unpaired) electrons. The third-order valence-corrected chi connectivity index (χ3v) is 3.54. The SMILES string of the molecule is CCC1(C)CC(NCc2cccnn2)CCO1. The van der Waals surface area contributed by atoms with E-state index in [0.29, 0.717) is 6.04 Å². The molecule has 0 amide bonds. The minimum absolute atomic E-state index is 0.0400. The van der Waals surface area contributed by atoms with Crippen LogP contribution in [0.4, 0.5) is 0 Å². The Morgan fingerprint density at radius 3 is 3.18 bits per heavy atom. The van der Waals surface area contributed by atoms with Crippen LogP contribution in [0, 0.1) is 0 Å². The predicted molar refractivity (Wildman–Crippen MR) is 66.5 cm³/mol. The zero-order chi connectivity index (χ0) is 12.1. The minimum atomic E-state index is 0.0400. The van der Waals surface area contributed by atoms with E-state index in [1.807, 2.05) is 12.1 Å². The number of rotatable bonds is 4. The lowest BCUT2D eigenvalue weighted by atomic mass is 9.90. The molecule has 2 heterocycles. The van der Waals surface area contributed by atoms with Crippen molar-refractivity contribution in [1.82, 2.24) is 15.5 Å². The maximum absolute atomic E-state index is 5.83. The third-order valence-electron chi connectivity index (χ3n) is 3.54. The van der Waals surface area contributed by atoms with Crippen LogP contribution in [-0.4, -0.2) is 28.4 Å². The van der Waals surface area contributed by atoms with Crippen LogP contribution in [0.3, 0.4) is 0 Å². The zero-order valence-corrected chi connectivity index (χ0v) is 10.6. The summed E-state index contributed by atoms with van der Waals surface area (Å²) in [5.74, 6) is 0. The fourth-order valence-corrected chi connectivity index (χ4v) is 2.23. The molecule has 1 saturated heterocycles. The van der Waals surface area contributed by atoms with Crippen LogP contribution in [0.25, 0.3) is 0 Å². The Hall–Kier alpha value is -1.00. The Morgan fingerprint density at radius 1 is 1.59 bits per heavy atom. The highest BCUT2D eigenvalue weighted by Gasteiger charge is 2.31. The van der Waals surface area contributed by atoms with Crippen molar-refractivity contribution < 1.29 is 4.74 Å². The Morgan fingerprint density at radius 2 is 2.47 bits per heavy atom. The lowest BCUT2D eigenvalue weighted by Crippen LogP contribution is -2.44. The molecule has 17 heavy (non-hydrogen) atoms. The largest absolute Gasteiger partial charge is 0.375 e. The van der Waals surface area contributed by atoms with Gasteiger partial charge in [0.15, 0.2) is 0 Å². The van der Waals surface area contributed by atoms with Gasteiger partial charge >= 0.3 is 0 Å². The Bertz CT molecular complexity index is 344. The summed E-state index contributed by atoms with van der Waals surface area (Å²) in [6.45, 7) is 6.02. The van der Waals surface area contributed by atoms with Crippen LogP contribution in [0.5, 0.6) is 0 Å². The van der Waals surface area contributed by atoms with Gasteiger partial charge in [-0.25, -0.2) is 0 Å². The second-order valence-corrected chi connectivity index (χ2v) is 4.94. The summed E-state index contributed by atoms with van der Waals surface area (Å²) in [6.07, 6.45) is 4.92. The first-order valence-electron chi connectivity index (χ1n) is 6.36. The van der Waals surface area contributed by atoms with Gasteiger partial charge in [-0.2, -0.15) is 10.2 Å². The van der Waals surface area contributed by atoms with Crippen LogP contribution in [0.15, 0.2) is 18.3 Å². The maximum Gasteiger partial charge on any atom is 0.0769 e. The van der Waals surface area contributed by atoms with Gasteiger partial charge in [0, 0.05) is 25.4 Å². The lowest BCUT2D eigenvalue weighted by Gasteiger charge is -2.38. The van der Waals surface area contributed by atoms with Crippen LogP contribution in [0.2, 0.25) is 0 Å². The molecule has 94 valence electrons. The molecule has 2 unspecified atom stereocenters. The van der Waals surface area contributed by atoms with Crippen molar-refractivity contribution in [2.75, 3.05) is 6.61 Å². The van der Waals surface area contributed by atoms with E-state index >= 15 is 0 Å². The highest BCUT2D eigenvalue weighted by atomic mass is 16.5. The van der Waals surface area contributed by atoms with Crippen LogP contribution in [-0.2, 0) is 11.3 Å². The van der Waals surface area contributed by atoms with Gasteiger partial charge in [-0.1, -0.05) is 6.92 Å². The van der Waals surface area contributed by atoms with Crippen LogP contribution in [0.1, 0.15) is 38.8 Å². The molecule has 0 bridgehead atoms. The molecule has 0 spiro atoms. The third kappa shape index (κ3) is 3.48. The topological polar surface area (TPSA) is 47.0 Å². The van der Waals surface area contributed by atoms with Gasteiger partial charge in [0.2, 0.25) is 0 Å². The van der Waals surface area contributed by atoms with Crippen LogP contribution >= 0.6 is 0 Å². The number of aromatic nitrogens is 2. The molecule has 1 aromatic rings. The summed E-state index contributed by atoms with van der Waals surface area (Å²) >= 11 is 0. The van der Waals surface area contributed by atoms with Gasteiger partial charge in [0.1, 0.15) is 0 Å². The van der Waals surface area contributed by atoms with Gasteiger partial charge < -0.3 is 10.1 Å². The van der Waals surface area contributed by atoms with E-state index in [1.165, 1.54) is 0 Å². The van der Waals surface area contributed by atoms with Crippen LogP contribution < -0.4 is 5.32 Å². The van der Waals surface area contributed by atoms with Crippen molar-refractivity contribution in [3.05, 3.63) is 24.0 Å². The fourth-order valence-electron chi connectivity index (χ4n) is 2.23. The summed E-state index contributed by atoms with van der Waals surface area (Å²) in [5.41, 5.74) is 1.04. The summed E-state index contributed by atoms with van der Waals surface area (Å²) < 4.78 is 5.83. The van der Waals surface area contributed by atoms with Gasteiger partial charge in [0.05, 0.1) is 11.3 Å². The van der Waals surface area contributed by atoms with Gasteiger partial charge in [0.25, 0.3) is 0 Å². The van der Waals surface area contributed by atoms with E-state index in [2.05, 4.69) is 29.4 Å². The molecule has 1 aliphatic rings. The molecule has 1 aliphatic heterocycles. The molecule has 0 saturated carbocycles. The molecule has 0 aromatic carbocycles. The van der Waals surface area contributed by atoms with Crippen molar-refractivity contribution in [2.24, 2.45) is 0 Å². The van der Waals surface area contributed by atoms with E-state index in [9.17, 15) is 0 Å². The zero-order valence-electron chi connectivity index (χ0n) is 10.6. The molecule has 4 nitrogen and oxygen atoms in total. The van der Waals surface area contributed by atoms with E-state index in [0.717, 1.165) is 38.1 Å². The van der Waals surface area contributed by atoms with E-state index in [-0.39, 0.29) is 5.60 Å². The predicted octanol–water partition coefficient (Wildman–Crippen LogP) is 1.91. The monoisotopic (exact) mass is 235 g/mol. The quantitative estimate of drug-likeness (QED) is 0.866. The smallest absolute Gasteiger partial charge is 0.0769 e. The Kier molecular flexibility index (Phi) is 4.07. The standard InChI is InChI=1S/C13H21N3O/c1-3-13(2)9-11(6-8-17-13)14-10-12-5-4-7-15-16-12/h4-5,7,11,14H,3,6,8-10H2,1-2H3. The van der Waals surface area contributed by atoms with Gasteiger partial charge in [-0.05, 0) is 38.3 Å². The molecular formula is C13H21N3O. The number of ether oxygens (including phenoxy) is 1. The first kappa shape index (κ1) is 12.5. The lowest BCUT2D eigenvalue weighted by molar-refractivity contribution is -0.0781. The van der Waals surface area contributed by atoms with Crippen molar-refractivity contribution in [2.45, 2.75) is 51.3 Å². The number of hydrogen-bond acceptors (Lipinski definition) is 4. The highest BCUT2D eigenvalue weighted by Crippen LogP contribution is 2.27. The molecule has 0 aliphatic carbocycles. The number of nitrogens with zero attached hydrogens (tertiary/aromatic N) is 2. The minimum Gasteiger partial charge on any atom is -0.375 e. The molecule has 1 fully saturated rings. The first-order chi connectivity index (χ1) is 8.22. The molecule has 2 atom stereocenters. The molecule has 1 N–H and O–H groups in total. The van der Waals surface area contributed by atoms with Gasteiger partial charge in [-0.15, -0.1) is 0 Å². The highest BCUT2D eigenvalue weighted by molar-refractivity contribution is 4.99. The molecular weight excluding hydrogens is 214 g/mol.